The fourth-order valence-corrected chi connectivity index (χ4v) is 4.97. The van der Waals surface area contributed by atoms with Gasteiger partial charge < -0.3 is 4.90 Å². The van der Waals surface area contributed by atoms with Crippen LogP contribution in [0.25, 0.3) is 0 Å². The predicted molar refractivity (Wildman–Crippen MR) is 94.3 cm³/mol. The van der Waals surface area contributed by atoms with Crippen LogP contribution in [0.15, 0.2) is 0 Å². The normalized spacial score (nSPS) is 16.8. The summed E-state index contributed by atoms with van der Waals surface area (Å²) in [6, 6.07) is 0. The second-order valence-electron chi connectivity index (χ2n) is 6.77. The van der Waals surface area contributed by atoms with Gasteiger partial charge in [0.2, 0.25) is 0 Å². The molecule has 0 fully saturated rings. The lowest BCUT2D eigenvalue weighted by Crippen LogP contribution is -2.22. The van der Waals surface area contributed by atoms with Gasteiger partial charge in [0.25, 0.3) is 0 Å². The summed E-state index contributed by atoms with van der Waals surface area (Å²) in [5.74, 6) is 2.02. The first kappa shape index (κ1) is 15.1. The molecule has 4 nitrogen and oxygen atoms in total. The Morgan fingerprint density at radius 1 is 0.913 bits per heavy atom. The molecule has 0 unspecified atom stereocenters. The summed E-state index contributed by atoms with van der Waals surface area (Å²) in [6.45, 7) is 2.87. The highest BCUT2D eigenvalue weighted by Gasteiger charge is 2.21. The Bertz CT molecular complexity index is 699. The van der Waals surface area contributed by atoms with Crippen molar-refractivity contribution in [3.63, 3.8) is 0 Å². The maximum Gasteiger partial charge on any atom is 0.135 e. The Labute approximate surface area is 142 Å². The van der Waals surface area contributed by atoms with Gasteiger partial charge in [-0.15, -0.1) is 11.3 Å². The van der Waals surface area contributed by atoms with E-state index >= 15 is 0 Å². The van der Waals surface area contributed by atoms with Crippen molar-refractivity contribution in [2.75, 3.05) is 11.9 Å². The van der Waals surface area contributed by atoms with Crippen LogP contribution in [0.2, 0.25) is 0 Å². The number of thiazole rings is 1. The fourth-order valence-electron chi connectivity index (χ4n) is 3.76. The van der Waals surface area contributed by atoms with Gasteiger partial charge in [0.1, 0.15) is 16.6 Å². The first-order valence-electron chi connectivity index (χ1n) is 8.75. The zero-order chi connectivity index (χ0) is 15.8. The van der Waals surface area contributed by atoms with E-state index in [0.717, 1.165) is 37.4 Å². The summed E-state index contributed by atoms with van der Waals surface area (Å²) in [5, 5.41) is 1.24. The van der Waals surface area contributed by atoms with Crippen LogP contribution >= 0.6 is 11.3 Å². The molecule has 0 spiro atoms. The van der Waals surface area contributed by atoms with Crippen LogP contribution in [-0.4, -0.2) is 22.0 Å². The van der Waals surface area contributed by atoms with Crippen molar-refractivity contribution in [1.82, 2.24) is 15.0 Å². The molecule has 2 aliphatic carbocycles. The van der Waals surface area contributed by atoms with E-state index in [2.05, 4.69) is 16.9 Å². The third-order valence-electron chi connectivity index (χ3n) is 4.90. The number of hydrogen-bond acceptors (Lipinski definition) is 5. The summed E-state index contributed by atoms with van der Waals surface area (Å²) < 4.78 is 0. The van der Waals surface area contributed by atoms with Crippen LogP contribution in [0.1, 0.15) is 58.3 Å². The van der Waals surface area contributed by atoms with Crippen LogP contribution in [0.3, 0.4) is 0 Å². The Hall–Kier alpha value is -1.49. The van der Waals surface area contributed by atoms with Gasteiger partial charge in [0, 0.05) is 23.2 Å². The third kappa shape index (κ3) is 2.99. The molecule has 0 radical (unpaired) electrons. The number of hydrogen-bond donors (Lipinski definition) is 0. The van der Waals surface area contributed by atoms with E-state index < -0.39 is 0 Å². The monoisotopic (exact) mass is 328 g/mol. The molecule has 5 heteroatoms. The average molecular weight is 328 g/mol. The number of aryl methyl sites for hydroxylation is 4. The van der Waals surface area contributed by atoms with Gasteiger partial charge >= 0.3 is 0 Å². The summed E-state index contributed by atoms with van der Waals surface area (Å²) in [4.78, 5) is 18.1. The second-order valence-corrected chi connectivity index (χ2v) is 7.94. The highest BCUT2D eigenvalue weighted by molar-refractivity contribution is 7.11. The average Bonchev–Trinajstić information content (AvgIpc) is 2.96. The maximum absolute atomic E-state index is 4.88. The Morgan fingerprint density at radius 2 is 1.65 bits per heavy atom. The van der Waals surface area contributed by atoms with E-state index in [1.54, 1.807) is 0 Å². The van der Waals surface area contributed by atoms with Gasteiger partial charge in [-0.1, -0.05) is 0 Å². The van der Waals surface area contributed by atoms with Crippen LogP contribution in [0.5, 0.6) is 0 Å². The molecule has 0 aliphatic heterocycles. The zero-order valence-electron chi connectivity index (χ0n) is 14.1. The Morgan fingerprint density at radius 3 is 2.48 bits per heavy atom. The van der Waals surface area contributed by atoms with Crippen molar-refractivity contribution >= 4 is 17.2 Å². The van der Waals surface area contributed by atoms with Crippen molar-refractivity contribution in [2.45, 2.75) is 64.8 Å². The molecule has 0 atom stereocenters. The molecule has 0 bridgehead atoms. The quantitative estimate of drug-likeness (QED) is 0.863. The highest BCUT2D eigenvalue weighted by Crippen LogP contribution is 2.30. The fraction of sp³-hybridized carbons (Fsp3) is 0.611. The number of fused-ring (bicyclic) bond motifs is 2. The first-order valence-corrected chi connectivity index (χ1v) is 9.57. The Balaban J connectivity index is 1.60. The lowest BCUT2D eigenvalue weighted by atomic mass is 9.96. The highest BCUT2D eigenvalue weighted by atomic mass is 32.1. The van der Waals surface area contributed by atoms with Gasteiger partial charge in [-0.05, 0) is 58.3 Å². The number of nitrogens with zero attached hydrogens (tertiary/aromatic N) is 4. The number of rotatable bonds is 3. The lowest BCUT2D eigenvalue weighted by molar-refractivity contribution is 0.653. The summed E-state index contributed by atoms with van der Waals surface area (Å²) in [7, 11) is 2.15. The van der Waals surface area contributed by atoms with Crippen molar-refractivity contribution in [2.24, 2.45) is 0 Å². The predicted octanol–water partition coefficient (Wildman–Crippen LogP) is 3.64. The SMILES string of the molecule is Cc1nc2c(c(N(C)Cc3nc4c(s3)CCCC4)n1)CCCC2. The minimum Gasteiger partial charge on any atom is -0.353 e. The van der Waals surface area contributed by atoms with Crippen molar-refractivity contribution < 1.29 is 0 Å². The van der Waals surface area contributed by atoms with Crippen molar-refractivity contribution in [3.8, 4) is 0 Å². The van der Waals surface area contributed by atoms with Gasteiger partial charge in [0.05, 0.1) is 12.2 Å². The molecule has 2 aromatic heterocycles. The smallest absolute Gasteiger partial charge is 0.135 e. The maximum atomic E-state index is 4.88. The molecule has 2 heterocycles. The van der Waals surface area contributed by atoms with Gasteiger partial charge in [-0.2, -0.15) is 0 Å². The van der Waals surface area contributed by atoms with E-state index in [0.29, 0.717) is 0 Å². The van der Waals surface area contributed by atoms with E-state index in [-0.39, 0.29) is 0 Å². The van der Waals surface area contributed by atoms with Crippen LogP contribution < -0.4 is 4.90 Å². The number of aromatic nitrogens is 3. The largest absolute Gasteiger partial charge is 0.353 e. The molecule has 0 N–H and O–H groups in total. The van der Waals surface area contributed by atoms with Crippen LogP contribution in [0.4, 0.5) is 5.82 Å². The molecule has 4 rings (SSSR count). The first-order chi connectivity index (χ1) is 11.2. The summed E-state index contributed by atoms with van der Waals surface area (Å²) >= 11 is 1.90. The van der Waals surface area contributed by atoms with E-state index in [1.165, 1.54) is 58.9 Å². The van der Waals surface area contributed by atoms with Gasteiger partial charge in [0.15, 0.2) is 0 Å². The van der Waals surface area contributed by atoms with E-state index in [9.17, 15) is 0 Å². The molecular formula is C18H24N4S. The zero-order valence-corrected chi connectivity index (χ0v) is 14.9. The molecule has 0 amide bonds. The second kappa shape index (κ2) is 6.19. The molecule has 23 heavy (non-hydrogen) atoms. The number of anilines is 1. The topological polar surface area (TPSA) is 41.9 Å². The van der Waals surface area contributed by atoms with Crippen molar-refractivity contribution in [3.05, 3.63) is 32.7 Å². The minimum absolute atomic E-state index is 0.862. The van der Waals surface area contributed by atoms with Crippen LogP contribution in [0, 0.1) is 6.92 Å². The standard InChI is InChI=1S/C18H24N4S/c1-12-19-14-8-4-3-7-13(14)18(20-12)22(2)11-17-21-15-9-5-6-10-16(15)23-17/h3-11H2,1-2H3. The molecular weight excluding hydrogens is 304 g/mol. The summed E-state index contributed by atoms with van der Waals surface area (Å²) in [6.07, 6.45) is 9.73. The molecule has 0 saturated heterocycles. The van der Waals surface area contributed by atoms with Gasteiger partial charge in [-0.3, -0.25) is 0 Å². The van der Waals surface area contributed by atoms with Gasteiger partial charge in [-0.25, -0.2) is 15.0 Å². The molecule has 0 aromatic carbocycles. The van der Waals surface area contributed by atoms with Crippen molar-refractivity contribution in [1.29, 1.82) is 0 Å². The molecule has 2 aliphatic rings. The Kier molecular flexibility index (Phi) is 4.05. The van der Waals surface area contributed by atoms with E-state index in [1.807, 2.05) is 18.3 Å². The third-order valence-corrected chi connectivity index (χ3v) is 6.04. The summed E-state index contributed by atoms with van der Waals surface area (Å²) in [5.41, 5.74) is 3.99. The molecule has 0 saturated carbocycles. The minimum atomic E-state index is 0.862. The lowest BCUT2D eigenvalue weighted by Gasteiger charge is -2.24. The molecule has 122 valence electrons. The van der Waals surface area contributed by atoms with Crippen LogP contribution in [-0.2, 0) is 32.2 Å². The van der Waals surface area contributed by atoms with E-state index in [4.69, 9.17) is 9.97 Å². The molecule has 2 aromatic rings.